The summed E-state index contributed by atoms with van der Waals surface area (Å²) in [6.45, 7) is 9.47. The van der Waals surface area contributed by atoms with Crippen molar-refractivity contribution in [1.29, 1.82) is 0 Å². The van der Waals surface area contributed by atoms with Crippen LogP contribution in [0.2, 0.25) is 0 Å². The third kappa shape index (κ3) is 2.68. The van der Waals surface area contributed by atoms with Crippen molar-refractivity contribution in [2.45, 2.75) is 64.3 Å². The predicted octanol–water partition coefficient (Wildman–Crippen LogP) is 2.61. The Morgan fingerprint density at radius 3 is 2.71 bits per heavy atom. The number of hydrogen-bond donors (Lipinski definition) is 1. The molecule has 4 nitrogen and oxygen atoms in total. The van der Waals surface area contributed by atoms with Crippen molar-refractivity contribution in [1.82, 2.24) is 15.5 Å². The van der Waals surface area contributed by atoms with Crippen LogP contribution < -0.4 is 5.32 Å². The summed E-state index contributed by atoms with van der Waals surface area (Å²) in [7, 11) is 0. The van der Waals surface area contributed by atoms with E-state index >= 15 is 0 Å². The molecular weight excluding hydrogens is 214 g/mol. The van der Waals surface area contributed by atoms with Crippen LogP contribution >= 0.6 is 0 Å². The monoisotopic (exact) mass is 237 g/mol. The molecule has 96 valence electrons. The molecule has 1 saturated carbocycles. The summed E-state index contributed by atoms with van der Waals surface area (Å²) in [5.74, 6) is 2.03. The topological polar surface area (TPSA) is 51.0 Å². The zero-order valence-electron chi connectivity index (χ0n) is 11.3. The van der Waals surface area contributed by atoms with Crippen LogP contribution in [-0.4, -0.2) is 22.7 Å². The van der Waals surface area contributed by atoms with E-state index in [1.54, 1.807) is 0 Å². The summed E-state index contributed by atoms with van der Waals surface area (Å²) < 4.78 is 5.45. The molecule has 1 aliphatic carbocycles. The second-order valence-electron chi connectivity index (χ2n) is 5.91. The lowest BCUT2D eigenvalue weighted by Gasteiger charge is -2.16. The molecule has 0 spiro atoms. The Bertz CT molecular complexity index is 367. The van der Waals surface area contributed by atoms with E-state index in [1.807, 2.05) is 0 Å². The number of rotatable bonds is 3. The Morgan fingerprint density at radius 1 is 1.35 bits per heavy atom. The minimum Gasteiger partial charge on any atom is -0.339 e. The Balaban J connectivity index is 2.14. The predicted molar refractivity (Wildman–Crippen MR) is 67.1 cm³/mol. The number of aromatic nitrogens is 2. The van der Waals surface area contributed by atoms with E-state index in [9.17, 15) is 0 Å². The fourth-order valence-corrected chi connectivity index (χ4v) is 2.45. The van der Waals surface area contributed by atoms with Crippen molar-refractivity contribution < 1.29 is 4.52 Å². The van der Waals surface area contributed by atoms with E-state index < -0.39 is 0 Å². The van der Waals surface area contributed by atoms with Gasteiger partial charge in [-0.25, -0.2) is 0 Å². The summed E-state index contributed by atoms with van der Waals surface area (Å²) >= 11 is 0. The summed E-state index contributed by atoms with van der Waals surface area (Å²) in [5, 5.41) is 7.63. The van der Waals surface area contributed by atoms with E-state index in [1.165, 1.54) is 12.8 Å². The first-order valence-electron chi connectivity index (χ1n) is 6.60. The number of nitrogens with one attached hydrogen (secondary N) is 1. The minimum absolute atomic E-state index is 0.0337. The number of nitrogens with zero attached hydrogens (tertiary/aromatic N) is 2. The number of likely N-dealkylation sites (N-methyl/N-ethyl adjacent to an activating group) is 1. The molecule has 0 amide bonds. The van der Waals surface area contributed by atoms with E-state index in [2.05, 4.69) is 43.2 Å². The van der Waals surface area contributed by atoms with Crippen LogP contribution in [0, 0.1) is 0 Å². The third-order valence-electron chi connectivity index (χ3n) is 3.41. The summed E-state index contributed by atoms with van der Waals surface area (Å²) in [6.07, 6.45) is 3.62. The van der Waals surface area contributed by atoms with Gasteiger partial charge < -0.3 is 9.84 Å². The Hall–Kier alpha value is -0.900. The molecule has 2 atom stereocenters. The molecule has 0 bridgehead atoms. The molecule has 1 aliphatic rings. The second-order valence-corrected chi connectivity index (χ2v) is 5.91. The molecule has 2 rings (SSSR count). The van der Waals surface area contributed by atoms with Crippen molar-refractivity contribution in [3.8, 4) is 0 Å². The van der Waals surface area contributed by atoms with Gasteiger partial charge in [-0.15, -0.1) is 0 Å². The van der Waals surface area contributed by atoms with Gasteiger partial charge in [0, 0.05) is 11.5 Å². The van der Waals surface area contributed by atoms with Gasteiger partial charge in [0.1, 0.15) is 0 Å². The fraction of sp³-hybridized carbons (Fsp3) is 0.846. The van der Waals surface area contributed by atoms with Gasteiger partial charge in [-0.1, -0.05) is 39.3 Å². The maximum absolute atomic E-state index is 5.45. The molecule has 4 heteroatoms. The molecule has 0 radical (unpaired) electrons. The SMILES string of the molecule is CCNC1CCCC1c1nc(C(C)(C)C)no1. The van der Waals surface area contributed by atoms with Crippen LogP contribution in [0.5, 0.6) is 0 Å². The highest BCUT2D eigenvalue weighted by Crippen LogP contribution is 2.34. The zero-order chi connectivity index (χ0) is 12.5. The highest BCUT2D eigenvalue weighted by Gasteiger charge is 2.33. The van der Waals surface area contributed by atoms with Crippen molar-refractivity contribution in [2.75, 3.05) is 6.54 Å². The molecule has 1 aromatic heterocycles. The smallest absolute Gasteiger partial charge is 0.231 e. The van der Waals surface area contributed by atoms with Gasteiger partial charge in [-0.3, -0.25) is 0 Å². The fourth-order valence-electron chi connectivity index (χ4n) is 2.45. The average molecular weight is 237 g/mol. The van der Waals surface area contributed by atoms with Crippen molar-refractivity contribution in [3.63, 3.8) is 0 Å². The molecule has 0 saturated heterocycles. The molecule has 1 fully saturated rings. The highest BCUT2D eigenvalue weighted by atomic mass is 16.5. The lowest BCUT2D eigenvalue weighted by molar-refractivity contribution is 0.325. The van der Waals surface area contributed by atoms with Gasteiger partial charge >= 0.3 is 0 Å². The lowest BCUT2D eigenvalue weighted by Crippen LogP contribution is -2.31. The Morgan fingerprint density at radius 2 is 2.12 bits per heavy atom. The van der Waals surface area contributed by atoms with Crippen molar-refractivity contribution in [2.24, 2.45) is 0 Å². The molecule has 17 heavy (non-hydrogen) atoms. The normalized spacial score (nSPS) is 25.4. The quantitative estimate of drug-likeness (QED) is 0.878. The summed E-state index contributed by atoms with van der Waals surface area (Å²) in [4.78, 5) is 4.58. The van der Waals surface area contributed by atoms with Crippen LogP contribution in [-0.2, 0) is 5.41 Å². The maximum atomic E-state index is 5.45. The first-order chi connectivity index (χ1) is 8.02. The Labute approximate surface area is 103 Å². The average Bonchev–Trinajstić information content (AvgIpc) is 2.82. The molecule has 2 unspecified atom stereocenters. The standard InChI is InChI=1S/C13H23N3O/c1-5-14-10-8-6-7-9(10)11-15-12(16-17-11)13(2,3)4/h9-10,14H,5-8H2,1-4H3. The summed E-state index contributed by atoms with van der Waals surface area (Å²) in [5.41, 5.74) is -0.0337. The van der Waals surface area contributed by atoms with Crippen LogP contribution in [0.4, 0.5) is 0 Å². The van der Waals surface area contributed by atoms with Gasteiger partial charge in [-0.05, 0) is 19.4 Å². The van der Waals surface area contributed by atoms with Crippen LogP contribution in [0.3, 0.4) is 0 Å². The van der Waals surface area contributed by atoms with Gasteiger partial charge in [0.05, 0.1) is 5.92 Å². The van der Waals surface area contributed by atoms with E-state index in [4.69, 9.17) is 4.52 Å². The first-order valence-corrected chi connectivity index (χ1v) is 6.60. The summed E-state index contributed by atoms with van der Waals surface area (Å²) in [6, 6.07) is 0.508. The molecule has 1 heterocycles. The third-order valence-corrected chi connectivity index (χ3v) is 3.41. The van der Waals surface area contributed by atoms with Gasteiger partial charge in [-0.2, -0.15) is 4.98 Å². The maximum Gasteiger partial charge on any atom is 0.231 e. The molecule has 0 aliphatic heterocycles. The molecular formula is C13H23N3O. The van der Waals surface area contributed by atoms with Gasteiger partial charge in [0.2, 0.25) is 5.89 Å². The van der Waals surface area contributed by atoms with E-state index in [0.29, 0.717) is 12.0 Å². The molecule has 1 aromatic rings. The zero-order valence-corrected chi connectivity index (χ0v) is 11.3. The van der Waals surface area contributed by atoms with Crippen LogP contribution in [0.15, 0.2) is 4.52 Å². The first kappa shape index (κ1) is 12.6. The minimum atomic E-state index is -0.0337. The number of hydrogen-bond acceptors (Lipinski definition) is 4. The van der Waals surface area contributed by atoms with E-state index in [-0.39, 0.29) is 5.41 Å². The van der Waals surface area contributed by atoms with Crippen LogP contribution in [0.1, 0.15) is 64.6 Å². The van der Waals surface area contributed by atoms with Gasteiger partial charge in [0.15, 0.2) is 5.82 Å². The lowest BCUT2D eigenvalue weighted by atomic mass is 9.96. The Kier molecular flexibility index (Phi) is 3.52. The van der Waals surface area contributed by atoms with Crippen molar-refractivity contribution in [3.05, 3.63) is 11.7 Å². The molecule has 1 N–H and O–H groups in total. The van der Waals surface area contributed by atoms with Crippen LogP contribution in [0.25, 0.3) is 0 Å². The van der Waals surface area contributed by atoms with Crippen molar-refractivity contribution >= 4 is 0 Å². The van der Waals surface area contributed by atoms with Gasteiger partial charge in [0.25, 0.3) is 0 Å². The highest BCUT2D eigenvalue weighted by molar-refractivity contribution is 5.06. The largest absolute Gasteiger partial charge is 0.339 e. The van der Waals surface area contributed by atoms with E-state index in [0.717, 1.165) is 24.7 Å². The second kappa shape index (κ2) is 4.77. The molecule has 0 aromatic carbocycles.